The summed E-state index contributed by atoms with van der Waals surface area (Å²) in [6, 6.07) is 9.51. The summed E-state index contributed by atoms with van der Waals surface area (Å²) in [5, 5.41) is 0. The molecule has 0 spiro atoms. The van der Waals surface area contributed by atoms with E-state index in [1.54, 1.807) is 4.68 Å². The molecule has 0 aliphatic heterocycles. The van der Waals surface area contributed by atoms with Crippen LogP contribution in [0.5, 0.6) is 0 Å². The number of aromatic nitrogens is 2. The van der Waals surface area contributed by atoms with Crippen molar-refractivity contribution < 1.29 is 0 Å². The molecule has 0 aliphatic rings. The van der Waals surface area contributed by atoms with E-state index in [-0.39, 0.29) is 5.56 Å². The molecule has 1 heterocycles. The molecule has 4 nitrogen and oxygen atoms in total. The molecule has 120 valence electrons. The maximum absolute atomic E-state index is 13.0. The van der Waals surface area contributed by atoms with E-state index in [0.717, 1.165) is 11.4 Å². The molecule has 0 unspecified atom stereocenters. The minimum absolute atomic E-state index is 0.107. The maximum atomic E-state index is 13.0. The number of hydrogen-bond acceptors (Lipinski definition) is 2. The van der Waals surface area contributed by atoms with Crippen molar-refractivity contribution in [3.05, 3.63) is 51.9 Å². The van der Waals surface area contributed by atoms with Crippen molar-refractivity contribution in [3.8, 4) is 5.69 Å². The molecule has 0 saturated heterocycles. The van der Waals surface area contributed by atoms with Gasteiger partial charge < -0.3 is 5.73 Å². The minimum Gasteiger partial charge on any atom is -0.321 e. The standard InChI is InChI=1S/C16H21Cl2N3O/c1-12-14(16(19,8-10-17)9-11-18)15(22)21(20(12)2)13-6-4-3-5-7-13/h3-7H,8-11,19H2,1-2H3. The highest BCUT2D eigenvalue weighted by atomic mass is 35.5. The first kappa shape index (κ1) is 17.1. The topological polar surface area (TPSA) is 53.0 Å². The number of alkyl halides is 2. The lowest BCUT2D eigenvalue weighted by molar-refractivity contribution is 0.412. The third-order valence-corrected chi connectivity index (χ3v) is 4.51. The molecule has 6 heteroatoms. The van der Waals surface area contributed by atoms with E-state index in [1.807, 2.05) is 49.0 Å². The Morgan fingerprint density at radius 2 is 1.68 bits per heavy atom. The molecule has 22 heavy (non-hydrogen) atoms. The number of para-hydroxylation sites is 1. The fourth-order valence-electron chi connectivity index (χ4n) is 2.85. The normalized spacial score (nSPS) is 11.9. The van der Waals surface area contributed by atoms with E-state index in [0.29, 0.717) is 30.2 Å². The summed E-state index contributed by atoms with van der Waals surface area (Å²) in [7, 11) is 1.86. The first-order valence-corrected chi connectivity index (χ1v) is 8.28. The van der Waals surface area contributed by atoms with Crippen LogP contribution in [0.2, 0.25) is 0 Å². The highest BCUT2D eigenvalue weighted by Crippen LogP contribution is 2.28. The average molecular weight is 342 g/mol. The summed E-state index contributed by atoms with van der Waals surface area (Å²) in [6.45, 7) is 1.90. The molecule has 0 fully saturated rings. The van der Waals surface area contributed by atoms with E-state index in [1.165, 1.54) is 0 Å². The SMILES string of the molecule is Cc1c(C(N)(CCCl)CCCl)c(=O)n(-c2ccccc2)n1C. The van der Waals surface area contributed by atoms with Gasteiger partial charge in [-0.05, 0) is 31.9 Å². The van der Waals surface area contributed by atoms with Gasteiger partial charge in [-0.3, -0.25) is 9.48 Å². The van der Waals surface area contributed by atoms with Gasteiger partial charge in [0, 0.05) is 24.5 Å². The van der Waals surface area contributed by atoms with E-state index in [2.05, 4.69) is 0 Å². The number of nitrogens with two attached hydrogens (primary N) is 1. The second-order valence-corrected chi connectivity index (χ2v) is 6.23. The van der Waals surface area contributed by atoms with Gasteiger partial charge >= 0.3 is 0 Å². The molecule has 0 aliphatic carbocycles. The van der Waals surface area contributed by atoms with Gasteiger partial charge in [0.2, 0.25) is 0 Å². The van der Waals surface area contributed by atoms with E-state index in [9.17, 15) is 4.79 Å². The van der Waals surface area contributed by atoms with E-state index >= 15 is 0 Å². The summed E-state index contributed by atoms with van der Waals surface area (Å²) >= 11 is 11.8. The monoisotopic (exact) mass is 341 g/mol. The predicted octanol–water partition coefficient (Wildman–Crippen LogP) is 2.90. The summed E-state index contributed by atoms with van der Waals surface area (Å²) in [5.74, 6) is 0.763. The van der Waals surface area contributed by atoms with Gasteiger partial charge in [-0.25, -0.2) is 4.68 Å². The second kappa shape index (κ2) is 6.90. The molecule has 2 aromatic rings. The van der Waals surface area contributed by atoms with Crippen LogP contribution in [0.3, 0.4) is 0 Å². The van der Waals surface area contributed by atoms with Crippen LogP contribution in [-0.2, 0) is 12.6 Å². The van der Waals surface area contributed by atoms with Gasteiger partial charge in [0.05, 0.1) is 16.8 Å². The fraction of sp³-hybridized carbons (Fsp3) is 0.438. The number of hydrogen-bond donors (Lipinski definition) is 1. The van der Waals surface area contributed by atoms with Crippen LogP contribution in [0.15, 0.2) is 35.1 Å². The van der Waals surface area contributed by atoms with Crippen molar-refractivity contribution in [2.45, 2.75) is 25.3 Å². The molecule has 0 bridgehead atoms. The van der Waals surface area contributed by atoms with E-state index < -0.39 is 5.54 Å². The fourth-order valence-corrected chi connectivity index (χ4v) is 3.53. The van der Waals surface area contributed by atoms with Crippen LogP contribution >= 0.6 is 23.2 Å². The third-order valence-electron chi connectivity index (χ3n) is 4.13. The zero-order valence-corrected chi connectivity index (χ0v) is 14.4. The van der Waals surface area contributed by atoms with Crippen LogP contribution < -0.4 is 11.3 Å². The Morgan fingerprint density at radius 3 is 2.18 bits per heavy atom. The zero-order valence-electron chi connectivity index (χ0n) is 12.9. The number of halogens is 2. The zero-order chi connectivity index (χ0) is 16.3. The highest BCUT2D eigenvalue weighted by molar-refractivity contribution is 6.18. The van der Waals surface area contributed by atoms with Gasteiger partial charge in [-0.1, -0.05) is 18.2 Å². The lowest BCUT2D eigenvalue weighted by atomic mass is 9.86. The molecule has 0 saturated carbocycles. The van der Waals surface area contributed by atoms with Crippen LogP contribution in [0.1, 0.15) is 24.1 Å². The molecule has 2 rings (SSSR count). The summed E-state index contributed by atoms with van der Waals surface area (Å²) < 4.78 is 3.46. The largest absolute Gasteiger partial charge is 0.321 e. The van der Waals surface area contributed by atoms with Gasteiger partial charge in [-0.2, -0.15) is 0 Å². The molecule has 0 radical (unpaired) electrons. The smallest absolute Gasteiger partial charge is 0.276 e. The van der Waals surface area contributed by atoms with Gasteiger partial charge in [0.25, 0.3) is 5.56 Å². The van der Waals surface area contributed by atoms with Crippen molar-refractivity contribution in [1.82, 2.24) is 9.36 Å². The Hall–Kier alpha value is -1.23. The molecule has 1 aromatic carbocycles. The van der Waals surface area contributed by atoms with Gasteiger partial charge in [0.1, 0.15) is 0 Å². The predicted molar refractivity (Wildman–Crippen MR) is 92.3 cm³/mol. The van der Waals surface area contributed by atoms with Crippen LogP contribution in [0, 0.1) is 6.92 Å². The summed E-state index contributed by atoms with van der Waals surface area (Å²) in [5.41, 5.74) is 7.84. The lowest BCUT2D eigenvalue weighted by Gasteiger charge is -2.27. The van der Waals surface area contributed by atoms with Gasteiger partial charge in [0.15, 0.2) is 0 Å². The maximum Gasteiger partial charge on any atom is 0.276 e. The number of benzene rings is 1. The second-order valence-electron chi connectivity index (χ2n) is 5.47. The quantitative estimate of drug-likeness (QED) is 0.821. The average Bonchev–Trinajstić information content (AvgIpc) is 2.71. The third kappa shape index (κ3) is 2.96. The van der Waals surface area contributed by atoms with Crippen LogP contribution in [0.25, 0.3) is 5.69 Å². The number of nitrogens with zero attached hydrogens (tertiary/aromatic N) is 2. The molecule has 0 atom stereocenters. The van der Waals surface area contributed by atoms with Crippen molar-refractivity contribution >= 4 is 23.2 Å². The van der Waals surface area contributed by atoms with Crippen molar-refractivity contribution in [2.75, 3.05) is 11.8 Å². The summed E-state index contributed by atoms with van der Waals surface area (Å²) in [4.78, 5) is 13.0. The Kier molecular flexibility index (Phi) is 5.37. The first-order valence-electron chi connectivity index (χ1n) is 7.21. The molecule has 0 amide bonds. The lowest BCUT2D eigenvalue weighted by Crippen LogP contribution is -2.42. The Bertz CT molecular complexity index is 685. The number of rotatable bonds is 6. The van der Waals surface area contributed by atoms with Crippen molar-refractivity contribution in [2.24, 2.45) is 12.8 Å². The Labute approximate surface area is 140 Å². The summed E-state index contributed by atoms with van der Waals surface area (Å²) in [6.07, 6.45) is 1.02. The first-order chi connectivity index (χ1) is 10.5. The Morgan fingerprint density at radius 1 is 1.14 bits per heavy atom. The van der Waals surface area contributed by atoms with Crippen LogP contribution in [-0.4, -0.2) is 21.1 Å². The molecular formula is C16H21Cl2N3O. The van der Waals surface area contributed by atoms with Crippen LogP contribution in [0.4, 0.5) is 0 Å². The van der Waals surface area contributed by atoms with Crippen molar-refractivity contribution in [1.29, 1.82) is 0 Å². The molecule has 1 aromatic heterocycles. The van der Waals surface area contributed by atoms with Crippen molar-refractivity contribution in [3.63, 3.8) is 0 Å². The minimum atomic E-state index is -0.803. The van der Waals surface area contributed by atoms with Gasteiger partial charge in [-0.15, -0.1) is 23.2 Å². The highest BCUT2D eigenvalue weighted by Gasteiger charge is 2.34. The Balaban J connectivity index is 2.67. The molecular weight excluding hydrogens is 321 g/mol. The van der Waals surface area contributed by atoms with E-state index in [4.69, 9.17) is 28.9 Å². The molecule has 2 N–H and O–H groups in total.